The van der Waals surface area contributed by atoms with Gasteiger partial charge in [-0.1, -0.05) is 18.2 Å². The molecule has 3 heteroatoms. The molecule has 0 fully saturated rings. The van der Waals surface area contributed by atoms with Crippen molar-refractivity contribution in [3.8, 4) is 0 Å². The summed E-state index contributed by atoms with van der Waals surface area (Å²) in [6, 6.07) is 5.88. The predicted octanol–water partition coefficient (Wildman–Crippen LogP) is 3.07. The van der Waals surface area contributed by atoms with Gasteiger partial charge in [0.2, 0.25) is 0 Å². The molecule has 84 valence electrons. The van der Waals surface area contributed by atoms with E-state index in [1.165, 1.54) is 0 Å². The molecule has 2 rings (SSSR count). The molecule has 16 heavy (non-hydrogen) atoms. The van der Waals surface area contributed by atoms with Crippen LogP contribution in [0.5, 0.6) is 0 Å². The average molecular weight is 218 g/mol. The standard InChI is InChI=1S/C13H14O3/c1-8-9(2)16-13-10(6-7-12(14)15)4-3-5-11(8)13/h3-5H,6-7H2,1-2H3,(H,14,15). The van der Waals surface area contributed by atoms with Crippen molar-refractivity contribution >= 4 is 16.9 Å². The van der Waals surface area contributed by atoms with Crippen molar-refractivity contribution < 1.29 is 14.3 Å². The van der Waals surface area contributed by atoms with Crippen LogP contribution in [0.2, 0.25) is 0 Å². The number of carboxylic acid groups (broad SMARTS) is 1. The predicted molar refractivity (Wildman–Crippen MR) is 61.6 cm³/mol. The summed E-state index contributed by atoms with van der Waals surface area (Å²) in [5.41, 5.74) is 2.93. The van der Waals surface area contributed by atoms with Crippen LogP contribution >= 0.6 is 0 Å². The molecular weight excluding hydrogens is 204 g/mol. The molecule has 1 N–H and O–H groups in total. The molecule has 1 aromatic carbocycles. The number of hydrogen-bond acceptors (Lipinski definition) is 2. The molecule has 0 amide bonds. The minimum Gasteiger partial charge on any atom is -0.481 e. The van der Waals surface area contributed by atoms with E-state index in [0.29, 0.717) is 6.42 Å². The fourth-order valence-corrected chi connectivity index (χ4v) is 1.86. The molecular formula is C13H14O3. The van der Waals surface area contributed by atoms with Crippen LogP contribution in [0.1, 0.15) is 23.3 Å². The fraction of sp³-hybridized carbons (Fsp3) is 0.308. The zero-order chi connectivity index (χ0) is 11.7. The monoisotopic (exact) mass is 218 g/mol. The van der Waals surface area contributed by atoms with E-state index < -0.39 is 5.97 Å². The van der Waals surface area contributed by atoms with Gasteiger partial charge in [0.15, 0.2) is 0 Å². The lowest BCUT2D eigenvalue weighted by atomic mass is 10.1. The first kappa shape index (κ1) is 10.7. The van der Waals surface area contributed by atoms with E-state index >= 15 is 0 Å². The minimum absolute atomic E-state index is 0.137. The maximum absolute atomic E-state index is 10.6. The number of carbonyl (C=O) groups is 1. The third-order valence-electron chi connectivity index (χ3n) is 2.89. The van der Waals surface area contributed by atoms with Gasteiger partial charge in [-0.3, -0.25) is 4.79 Å². The Morgan fingerprint density at radius 2 is 2.12 bits per heavy atom. The third-order valence-corrected chi connectivity index (χ3v) is 2.89. The highest BCUT2D eigenvalue weighted by atomic mass is 16.4. The average Bonchev–Trinajstić information content (AvgIpc) is 2.53. The minimum atomic E-state index is -0.781. The van der Waals surface area contributed by atoms with Crippen molar-refractivity contribution in [2.24, 2.45) is 0 Å². The Balaban J connectivity index is 2.45. The van der Waals surface area contributed by atoms with Crippen LogP contribution in [0, 0.1) is 13.8 Å². The smallest absolute Gasteiger partial charge is 0.303 e. The highest BCUT2D eigenvalue weighted by Crippen LogP contribution is 2.27. The van der Waals surface area contributed by atoms with E-state index in [1.54, 1.807) is 0 Å². The number of fused-ring (bicyclic) bond motifs is 1. The largest absolute Gasteiger partial charge is 0.481 e. The van der Waals surface area contributed by atoms with Gasteiger partial charge in [0.05, 0.1) is 0 Å². The molecule has 0 aliphatic rings. The van der Waals surface area contributed by atoms with Crippen LogP contribution in [0.3, 0.4) is 0 Å². The molecule has 0 unspecified atom stereocenters. The number of hydrogen-bond donors (Lipinski definition) is 1. The molecule has 0 radical (unpaired) electrons. The van der Waals surface area contributed by atoms with Crippen LogP contribution < -0.4 is 0 Å². The number of benzene rings is 1. The summed E-state index contributed by atoms with van der Waals surface area (Å²) in [4.78, 5) is 10.6. The number of aliphatic carboxylic acids is 1. The van der Waals surface area contributed by atoms with Crippen molar-refractivity contribution in [3.63, 3.8) is 0 Å². The molecule has 0 aliphatic carbocycles. The third kappa shape index (κ3) is 1.81. The number of furan rings is 1. The van der Waals surface area contributed by atoms with Gasteiger partial charge >= 0.3 is 5.97 Å². The first-order valence-corrected chi connectivity index (χ1v) is 5.29. The number of aryl methyl sites for hydroxylation is 3. The van der Waals surface area contributed by atoms with Gasteiger partial charge in [-0.15, -0.1) is 0 Å². The zero-order valence-electron chi connectivity index (χ0n) is 9.41. The van der Waals surface area contributed by atoms with Gasteiger partial charge in [0, 0.05) is 11.8 Å². The van der Waals surface area contributed by atoms with Crippen LogP contribution in [-0.2, 0) is 11.2 Å². The lowest BCUT2D eigenvalue weighted by Gasteiger charge is -1.99. The zero-order valence-corrected chi connectivity index (χ0v) is 9.41. The van der Waals surface area contributed by atoms with Crippen molar-refractivity contribution in [1.82, 2.24) is 0 Å². The lowest BCUT2D eigenvalue weighted by molar-refractivity contribution is -0.136. The molecule has 0 saturated heterocycles. The van der Waals surface area contributed by atoms with E-state index in [2.05, 4.69) is 0 Å². The van der Waals surface area contributed by atoms with Crippen LogP contribution in [-0.4, -0.2) is 11.1 Å². The summed E-state index contributed by atoms with van der Waals surface area (Å²) < 4.78 is 5.67. The Morgan fingerprint density at radius 3 is 2.81 bits per heavy atom. The summed E-state index contributed by atoms with van der Waals surface area (Å²) in [5.74, 6) is 0.120. The van der Waals surface area contributed by atoms with Crippen molar-refractivity contribution in [3.05, 3.63) is 35.1 Å². The molecule has 0 saturated carbocycles. The topological polar surface area (TPSA) is 50.4 Å². The second kappa shape index (κ2) is 4.00. The Morgan fingerprint density at radius 1 is 1.38 bits per heavy atom. The Labute approximate surface area is 93.7 Å². The molecule has 1 heterocycles. The van der Waals surface area contributed by atoms with E-state index in [1.807, 2.05) is 32.0 Å². The van der Waals surface area contributed by atoms with Crippen LogP contribution in [0.25, 0.3) is 11.0 Å². The Bertz CT molecular complexity index is 537. The Hall–Kier alpha value is -1.77. The van der Waals surface area contributed by atoms with E-state index in [-0.39, 0.29) is 6.42 Å². The number of para-hydroxylation sites is 1. The second-order valence-electron chi connectivity index (χ2n) is 3.97. The van der Waals surface area contributed by atoms with E-state index in [0.717, 1.165) is 27.9 Å². The number of carboxylic acids is 1. The highest BCUT2D eigenvalue weighted by molar-refractivity contribution is 5.85. The molecule has 1 aromatic heterocycles. The molecule has 0 spiro atoms. The Kier molecular flexibility index (Phi) is 2.69. The van der Waals surface area contributed by atoms with Crippen LogP contribution in [0.4, 0.5) is 0 Å². The van der Waals surface area contributed by atoms with Crippen molar-refractivity contribution in [2.45, 2.75) is 26.7 Å². The molecule has 3 nitrogen and oxygen atoms in total. The first-order chi connectivity index (χ1) is 7.59. The first-order valence-electron chi connectivity index (χ1n) is 5.29. The van der Waals surface area contributed by atoms with E-state index in [9.17, 15) is 4.79 Å². The summed E-state index contributed by atoms with van der Waals surface area (Å²) in [6.07, 6.45) is 0.650. The summed E-state index contributed by atoms with van der Waals surface area (Å²) in [7, 11) is 0. The molecule has 0 aliphatic heterocycles. The molecule has 0 atom stereocenters. The summed E-state index contributed by atoms with van der Waals surface area (Å²) in [6.45, 7) is 3.94. The SMILES string of the molecule is Cc1oc2c(CCC(=O)O)cccc2c1C. The second-order valence-corrected chi connectivity index (χ2v) is 3.97. The van der Waals surface area contributed by atoms with Crippen molar-refractivity contribution in [1.29, 1.82) is 0 Å². The number of rotatable bonds is 3. The normalized spacial score (nSPS) is 10.9. The van der Waals surface area contributed by atoms with Gasteiger partial charge < -0.3 is 9.52 Å². The van der Waals surface area contributed by atoms with E-state index in [4.69, 9.17) is 9.52 Å². The maximum Gasteiger partial charge on any atom is 0.303 e. The van der Waals surface area contributed by atoms with Gasteiger partial charge in [0.1, 0.15) is 11.3 Å². The summed E-state index contributed by atoms with van der Waals surface area (Å²) in [5, 5.41) is 9.76. The van der Waals surface area contributed by atoms with Gasteiger partial charge in [-0.2, -0.15) is 0 Å². The van der Waals surface area contributed by atoms with Crippen LogP contribution in [0.15, 0.2) is 22.6 Å². The molecule has 2 aromatic rings. The maximum atomic E-state index is 10.6. The molecule has 0 bridgehead atoms. The quantitative estimate of drug-likeness (QED) is 0.861. The van der Waals surface area contributed by atoms with Gasteiger partial charge in [-0.05, 0) is 31.4 Å². The fourth-order valence-electron chi connectivity index (χ4n) is 1.86. The van der Waals surface area contributed by atoms with Gasteiger partial charge in [-0.25, -0.2) is 0 Å². The highest BCUT2D eigenvalue weighted by Gasteiger charge is 2.11. The lowest BCUT2D eigenvalue weighted by Crippen LogP contribution is -1.97. The van der Waals surface area contributed by atoms with Crippen molar-refractivity contribution in [2.75, 3.05) is 0 Å². The van der Waals surface area contributed by atoms with Gasteiger partial charge in [0.25, 0.3) is 0 Å². The summed E-state index contributed by atoms with van der Waals surface area (Å²) >= 11 is 0.